The molecule has 3 heteroatoms. The molecular weight excluding hydrogens is 172 g/mol. The molecule has 1 aromatic rings. The van der Waals surface area contributed by atoms with Crippen LogP contribution in [0, 0.1) is 6.92 Å². The van der Waals surface area contributed by atoms with Gasteiger partial charge in [-0.1, -0.05) is 17.7 Å². The molecule has 0 saturated carbocycles. The topological polar surface area (TPSA) is 24.4 Å². The Balaban J connectivity index is 2.53. The number of hydrogen-bond acceptors (Lipinski definition) is 2. The highest BCUT2D eigenvalue weighted by atomic mass is 35.5. The summed E-state index contributed by atoms with van der Waals surface area (Å²) in [7, 11) is 0. The van der Waals surface area contributed by atoms with E-state index < -0.39 is 0 Å². The fourth-order valence-electron chi connectivity index (χ4n) is 1.22. The van der Waals surface area contributed by atoms with Gasteiger partial charge in [0.25, 0.3) is 0 Å². The number of nitrogens with zero attached hydrogens (tertiary/aromatic N) is 1. The number of anilines is 1. The molecule has 0 atom stereocenters. The van der Waals surface area contributed by atoms with Gasteiger partial charge in [0.2, 0.25) is 0 Å². The number of hydrogen-bond donors (Lipinski definition) is 1. The molecule has 1 heterocycles. The Labute approximate surface area is 76.3 Å². The van der Waals surface area contributed by atoms with E-state index in [0.29, 0.717) is 11.7 Å². The molecule has 1 N–H and O–H groups in total. The molecule has 0 radical (unpaired) electrons. The average molecular weight is 181 g/mol. The van der Waals surface area contributed by atoms with Gasteiger partial charge in [-0.15, -0.1) is 0 Å². The fraction of sp³-hybridized carbons (Fsp3) is 0.222. The largest absolute Gasteiger partial charge is 0.377 e. The maximum Gasteiger partial charge on any atom is 0.126 e. The van der Waals surface area contributed by atoms with Crippen LogP contribution < -0.4 is 5.32 Å². The minimum absolute atomic E-state index is 0.619. The van der Waals surface area contributed by atoms with Crippen LogP contribution in [0.1, 0.15) is 5.56 Å². The number of rotatable bonds is 0. The SMILES string of the molecule is Cc1ccc2c(c1)N=C(Cl)CN2. The first-order chi connectivity index (χ1) is 5.75. The number of halogens is 1. The summed E-state index contributed by atoms with van der Waals surface area (Å²) in [4.78, 5) is 4.23. The van der Waals surface area contributed by atoms with Crippen molar-refractivity contribution in [2.45, 2.75) is 6.92 Å². The lowest BCUT2D eigenvalue weighted by atomic mass is 10.2. The normalized spacial score (nSPS) is 14.7. The van der Waals surface area contributed by atoms with E-state index in [2.05, 4.69) is 16.4 Å². The minimum Gasteiger partial charge on any atom is -0.377 e. The van der Waals surface area contributed by atoms with E-state index >= 15 is 0 Å². The van der Waals surface area contributed by atoms with Crippen molar-refractivity contribution in [3.05, 3.63) is 23.8 Å². The summed E-state index contributed by atoms with van der Waals surface area (Å²) in [5.41, 5.74) is 3.20. The van der Waals surface area contributed by atoms with E-state index in [1.54, 1.807) is 0 Å². The smallest absolute Gasteiger partial charge is 0.126 e. The van der Waals surface area contributed by atoms with E-state index in [1.165, 1.54) is 5.56 Å². The summed E-state index contributed by atoms with van der Waals surface area (Å²) in [6.45, 7) is 2.68. The third kappa shape index (κ3) is 1.30. The number of benzene rings is 1. The molecule has 0 saturated heterocycles. The third-order valence-corrected chi connectivity index (χ3v) is 2.04. The van der Waals surface area contributed by atoms with Crippen LogP contribution in [0.3, 0.4) is 0 Å². The Bertz CT molecular complexity index is 344. The Morgan fingerprint density at radius 2 is 2.33 bits per heavy atom. The van der Waals surface area contributed by atoms with E-state index in [4.69, 9.17) is 11.6 Å². The van der Waals surface area contributed by atoms with Crippen molar-refractivity contribution in [3.8, 4) is 0 Å². The first kappa shape index (κ1) is 7.62. The van der Waals surface area contributed by atoms with Crippen LogP contribution in [-0.2, 0) is 0 Å². The summed E-state index contributed by atoms with van der Waals surface area (Å²) >= 11 is 5.78. The van der Waals surface area contributed by atoms with E-state index in [0.717, 1.165) is 11.4 Å². The highest BCUT2D eigenvalue weighted by Crippen LogP contribution is 2.29. The van der Waals surface area contributed by atoms with Gasteiger partial charge in [-0.2, -0.15) is 0 Å². The van der Waals surface area contributed by atoms with Crippen LogP contribution in [0.5, 0.6) is 0 Å². The highest BCUT2D eigenvalue weighted by Gasteiger charge is 2.08. The molecule has 0 bridgehead atoms. The third-order valence-electron chi connectivity index (χ3n) is 1.82. The molecule has 0 spiro atoms. The molecule has 2 rings (SSSR count). The van der Waals surface area contributed by atoms with Gasteiger partial charge >= 0.3 is 0 Å². The van der Waals surface area contributed by atoms with Crippen molar-refractivity contribution in [1.29, 1.82) is 0 Å². The van der Waals surface area contributed by atoms with E-state index in [9.17, 15) is 0 Å². The van der Waals surface area contributed by atoms with E-state index in [-0.39, 0.29) is 0 Å². The number of aryl methyl sites for hydroxylation is 1. The Kier molecular flexibility index (Phi) is 1.77. The first-order valence-corrected chi connectivity index (χ1v) is 4.21. The van der Waals surface area contributed by atoms with E-state index in [1.807, 2.05) is 19.1 Å². The summed E-state index contributed by atoms with van der Waals surface area (Å²) in [6, 6.07) is 6.10. The van der Waals surface area contributed by atoms with Crippen LogP contribution in [0.4, 0.5) is 11.4 Å². The molecule has 2 nitrogen and oxygen atoms in total. The maximum atomic E-state index is 5.78. The van der Waals surface area contributed by atoms with Gasteiger partial charge in [0.1, 0.15) is 5.17 Å². The van der Waals surface area contributed by atoms with Crippen molar-refractivity contribution in [2.24, 2.45) is 4.99 Å². The van der Waals surface area contributed by atoms with Crippen LogP contribution in [0.2, 0.25) is 0 Å². The van der Waals surface area contributed by atoms with Crippen LogP contribution >= 0.6 is 11.6 Å². The molecular formula is C9H9ClN2. The molecule has 0 aliphatic carbocycles. The lowest BCUT2D eigenvalue weighted by molar-refractivity contribution is 1.31. The van der Waals surface area contributed by atoms with Crippen LogP contribution in [-0.4, -0.2) is 11.7 Å². The Morgan fingerprint density at radius 1 is 1.50 bits per heavy atom. The summed E-state index contributed by atoms with van der Waals surface area (Å²) in [5.74, 6) is 0. The number of aliphatic imine (C=N–C) groups is 1. The molecule has 0 fully saturated rings. The average Bonchev–Trinajstić information content (AvgIpc) is 2.03. The lowest BCUT2D eigenvalue weighted by Crippen LogP contribution is -2.12. The second kappa shape index (κ2) is 2.79. The quantitative estimate of drug-likeness (QED) is 0.652. The molecule has 1 aromatic carbocycles. The van der Waals surface area contributed by atoms with Crippen LogP contribution in [0.25, 0.3) is 0 Å². The molecule has 62 valence electrons. The van der Waals surface area contributed by atoms with Gasteiger partial charge in [-0.05, 0) is 24.6 Å². The predicted octanol–water partition coefficient (Wildman–Crippen LogP) is 2.69. The monoisotopic (exact) mass is 180 g/mol. The van der Waals surface area contributed by atoms with Crippen molar-refractivity contribution >= 4 is 28.1 Å². The summed E-state index contributed by atoms with van der Waals surface area (Å²) in [5, 5.41) is 3.80. The lowest BCUT2D eigenvalue weighted by Gasteiger charge is -2.14. The van der Waals surface area contributed by atoms with Gasteiger partial charge in [0.05, 0.1) is 17.9 Å². The van der Waals surface area contributed by atoms with Gasteiger partial charge in [0, 0.05) is 0 Å². The van der Waals surface area contributed by atoms with Gasteiger partial charge in [-0.3, -0.25) is 0 Å². The molecule has 0 aromatic heterocycles. The number of fused-ring (bicyclic) bond motifs is 1. The standard InChI is InChI=1S/C9H9ClN2/c1-6-2-3-7-8(4-6)12-9(10)5-11-7/h2-4,11H,5H2,1H3. The molecule has 0 unspecified atom stereocenters. The summed E-state index contributed by atoms with van der Waals surface area (Å²) in [6.07, 6.45) is 0. The molecule has 1 aliphatic heterocycles. The van der Waals surface area contributed by atoms with Gasteiger partial charge in [-0.25, -0.2) is 4.99 Å². The highest BCUT2D eigenvalue weighted by molar-refractivity contribution is 6.66. The number of nitrogens with one attached hydrogen (secondary N) is 1. The van der Waals surface area contributed by atoms with Crippen molar-refractivity contribution in [2.75, 3.05) is 11.9 Å². The minimum atomic E-state index is 0.619. The zero-order valence-corrected chi connectivity index (χ0v) is 7.52. The second-order valence-electron chi connectivity index (χ2n) is 2.86. The van der Waals surface area contributed by atoms with Crippen molar-refractivity contribution in [1.82, 2.24) is 0 Å². The van der Waals surface area contributed by atoms with Crippen LogP contribution in [0.15, 0.2) is 23.2 Å². The molecule has 0 amide bonds. The van der Waals surface area contributed by atoms with Crippen molar-refractivity contribution < 1.29 is 0 Å². The first-order valence-electron chi connectivity index (χ1n) is 3.83. The summed E-state index contributed by atoms with van der Waals surface area (Å²) < 4.78 is 0. The fourth-order valence-corrected chi connectivity index (χ4v) is 1.38. The zero-order chi connectivity index (χ0) is 8.55. The molecule has 12 heavy (non-hydrogen) atoms. The van der Waals surface area contributed by atoms with Gasteiger partial charge in [0.15, 0.2) is 0 Å². The maximum absolute atomic E-state index is 5.78. The van der Waals surface area contributed by atoms with Gasteiger partial charge < -0.3 is 5.32 Å². The Hall–Kier alpha value is -1.02. The second-order valence-corrected chi connectivity index (χ2v) is 3.30. The predicted molar refractivity (Wildman–Crippen MR) is 52.6 cm³/mol. The molecule has 1 aliphatic rings. The van der Waals surface area contributed by atoms with Crippen molar-refractivity contribution in [3.63, 3.8) is 0 Å². The Morgan fingerprint density at radius 3 is 3.17 bits per heavy atom. The zero-order valence-electron chi connectivity index (χ0n) is 6.76.